The van der Waals surface area contributed by atoms with Crippen molar-refractivity contribution in [2.24, 2.45) is 0 Å². The SMILES string of the molecule is Cc1cc(NCCCN2CCCc3ccccc32)c2nncn2n1. The van der Waals surface area contributed by atoms with Crippen LogP contribution in [0.1, 0.15) is 24.1 Å². The van der Waals surface area contributed by atoms with E-state index in [2.05, 4.69) is 49.8 Å². The molecule has 124 valence electrons. The molecule has 6 heteroatoms. The maximum atomic E-state index is 4.37. The van der Waals surface area contributed by atoms with Gasteiger partial charge in [0.05, 0.1) is 11.4 Å². The number of aromatic nitrogens is 4. The molecule has 3 aromatic rings. The van der Waals surface area contributed by atoms with Crippen LogP contribution in [-0.2, 0) is 6.42 Å². The van der Waals surface area contributed by atoms with Gasteiger partial charge < -0.3 is 10.2 Å². The van der Waals surface area contributed by atoms with Crippen molar-refractivity contribution in [1.82, 2.24) is 19.8 Å². The highest BCUT2D eigenvalue weighted by Crippen LogP contribution is 2.26. The highest BCUT2D eigenvalue weighted by atomic mass is 15.3. The molecule has 0 atom stereocenters. The second-order valence-electron chi connectivity index (χ2n) is 6.30. The van der Waals surface area contributed by atoms with E-state index in [4.69, 9.17) is 0 Å². The van der Waals surface area contributed by atoms with Gasteiger partial charge in [-0.15, -0.1) is 10.2 Å². The number of hydrogen-bond acceptors (Lipinski definition) is 5. The Morgan fingerprint density at radius 3 is 3.12 bits per heavy atom. The molecule has 3 heterocycles. The van der Waals surface area contributed by atoms with Crippen molar-refractivity contribution in [2.45, 2.75) is 26.2 Å². The van der Waals surface area contributed by atoms with E-state index in [0.717, 1.165) is 43.1 Å². The topological polar surface area (TPSA) is 58.3 Å². The van der Waals surface area contributed by atoms with Crippen molar-refractivity contribution < 1.29 is 0 Å². The van der Waals surface area contributed by atoms with E-state index in [9.17, 15) is 0 Å². The molecule has 2 aromatic heterocycles. The number of hydrogen-bond donors (Lipinski definition) is 1. The molecule has 0 radical (unpaired) electrons. The fourth-order valence-electron chi connectivity index (χ4n) is 3.42. The van der Waals surface area contributed by atoms with Gasteiger partial charge in [-0.25, -0.2) is 0 Å². The lowest BCUT2D eigenvalue weighted by atomic mass is 10.0. The minimum atomic E-state index is 0.781. The van der Waals surface area contributed by atoms with Crippen molar-refractivity contribution in [3.63, 3.8) is 0 Å². The summed E-state index contributed by atoms with van der Waals surface area (Å²) in [6.45, 7) is 5.11. The van der Waals surface area contributed by atoms with Crippen LogP contribution in [0.15, 0.2) is 36.7 Å². The molecule has 24 heavy (non-hydrogen) atoms. The summed E-state index contributed by atoms with van der Waals surface area (Å²) in [6, 6.07) is 10.8. The zero-order valence-corrected chi connectivity index (χ0v) is 13.9. The van der Waals surface area contributed by atoms with Crippen LogP contribution in [0, 0.1) is 6.92 Å². The van der Waals surface area contributed by atoms with Crippen LogP contribution in [0.4, 0.5) is 11.4 Å². The van der Waals surface area contributed by atoms with Crippen LogP contribution in [0.5, 0.6) is 0 Å². The molecule has 1 N–H and O–H groups in total. The molecule has 6 nitrogen and oxygen atoms in total. The van der Waals surface area contributed by atoms with Gasteiger partial charge in [-0.05, 0) is 43.9 Å². The van der Waals surface area contributed by atoms with E-state index in [1.165, 1.54) is 24.1 Å². The summed E-state index contributed by atoms with van der Waals surface area (Å²) in [5, 5.41) is 15.9. The molecule has 1 aliphatic heterocycles. The number of aryl methyl sites for hydroxylation is 2. The molecule has 0 fully saturated rings. The zero-order valence-electron chi connectivity index (χ0n) is 13.9. The molecule has 0 amide bonds. The minimum absolute atomic E-state index is 0.781. The van der Waals surface area contributed by atoms with Gasteiger partial charge in [0.25, 0.3) is 0 Å². The van der Waals surface area contributed by atoms with Gasteiger partial charge in [0.2, 0.25) is 5.65 Å². The van der Waals surface area contributed by atoms with E-state index < -0.39 is 0 Å². The number of nitrogens with one attached hydrogen (secondary N) is 1. The molecule has 4 rings (SSSR count). The molecule has 0 spiro atoms. The number of anilines is 2. The highest BCUT2D eigenvalue weighted by Gasteiger charge is 2.15. The van der Waals surface area contributed by atoms with Crippen LogP contribution in [0.25, 0.3) is 5.65 Å². The average molecular weight is 322 g/mol. The molecule has 0 saturated carbocycles. The van der Waals surface area contributed by atoms with Crippen molar-refractivity contribution in [1.29, 1.82) is 0 Å². The fraction of sp³-hybridized carbons (Fsp3) is 0.389. The van der Waals surface area contributed by atoms with Crippen molar-refractivity contribution in [3.8, 4) is 0 Å². The Labute approximate surface area is 141 Å². The molecular formula is C18H22N6. The summed E-state index contributed by atoms with van der Waals surface area (Å²) >= 11 is 0. The van der Waals surface area contributed by atoms with Gasteiger partial charge in [0, 0.05) is 25.3 Å². The normalized spacial score (nSPS) is 14.0. The predicted molar refractivity (Wildman–Crippen MR) is 95.6 cm³/mol. The van der Waals surface area contributed by atoms with Gasteiger partial charge in [-0.1, -0.05) is 18.2 Å². The Morgan fingerprint density at radius 2 is 2.17 bits per heavy atom. The van der Waals surface area contributed by atoms with Crippen LogP contribution in [0.3, 0.4) is 0 Å². The van der Waals surface area contributed by atoms with Crippen molar-refractivity contribution in [2.75, 3.05) is 29.9 Å². The number of nitrogens with zero attached hydrogens (tertiary/aromatic N) is 5. The lowest BCUT2D eigenvalue weighted by Crippen LogP contribution is -2.31. The standard InChI is InChI=1S/C18H22N6/c1-14-12-16(18-21-20-13-24(18)22-14)19-9-5-11-23-10-4-7-15-6-2-3-8-17(15)23/h2-3,6,8,12-13,19H,4-5,7,9-11H2,1H3. The highest BCUT2D eigenvalue weighted by molar-refractivity contribution is 5.66. The number of fused-ring (bicyclic) bond motifs is 2. The van der Waals surface area contributed by atoms with Crippen molar-refractivity contribution >= 4 is 17.0 Å². The van der Waals surface area contributed by atoms with Crippen LogP contribution < -0.4 is 10.2 Å². The number of rotatable bonds is 5. The van der Waals surface area contributed by atoms with Crippen LogP contribution in [0.2, 0.25) is 0 Å². The van der Waals surface area contributed by atoms with Crippen molar-refractivity contribution in [3.05, 3.63) is 47.9 Å². The summed E-state index contributed by atoms with van der Waals surface area (Å²) in [5.74, 6) is 0. The first kappa shape index (κ1) is 14.9. The Morgan fingerprint density at radius 1 is 1.25 bits per heavy atom. The van der Waals surface area contributed by atoms with E-state index in [1.807, 2.05) is 13.0 Å². The largest absolute Gasteiger partial charge is 0.382 e. The number of benzene rings is 1. The second kappa shape index (κ2) is 6.47. The zero-order chi connectivity index (χ0) is 16.4. The predicted octanol–water partition coefficient (Wildman–Crippen LogP) is 2.69. The first-order valence-electron chi connectivity index (χ1n) is 8.56. The fourth-order valence-corrected chi connectivity index (χ4v) is 3.42. The summed E-state index contributed by atoms with van der Waals surface area (Å²) in [7, 11) is 0. The summed E-state index contributed by atoms with van der Waals surface area (Å²) in [4.78, 5) is 2.50. The van der Waals surface area contributed by atoms with Gasteiger partial charge in [0.1, 0.15) is 6.33 Å². The van der Waals surface area contributed by atoms with E-state index in [1.54, 1.807) is 10.8 Å². The summed E-state index contributed by atoms with van der Waals surface area (Å²) in [6.07, 6.45) is 5.16. The van der Waals surface area contributed by atoms with E-state index >= 15 is 0 Å². The molecule has 0 bridgehead atoms. The maximum absolute atomic E-state index is 4.37. The lowest BCUT2D eigenvalue weighted by molar-refractivity contribution is 0.673. The Balaban J connectivity index is 1.38. The van der Waals surface area contributed by atoms with Crippen LogP contribution in [-0.4, -0.2) is 39.4 Å². The van der Waals surface area contributed by atoms with Gasteiger partial charge in [-0.2, -0.15) is 9.61 Å². The quantitative estimate of drug-likeness (QED) is 0.732. The summed E-state index contributed by atoms with van der Waals surface area (Å²) < 4.78 is 1.72. The van der Waals surface area contributed by atoms with Gasteiger partial charge in [0.15, 0.2) is 0 Å². The first-order valence-corrected chi connectivity index (χ1v) is 8.56. The Kier molecular flexibility index (Phi) is 4.02. The van der Waals surface area contributed by atoms with E-state index in [0.29, 0.717) is 0 Å². The number of para-hydroxylation sites is 1. The minimum Gasteiger partial charge on any atom is -0.382 e. The van der Waals surface area contributed by atoms with Crippen LogP contribution >= 0.6 is 0 Å². The Bertz CT molecular complexity index is 840. The summed E-state index contributed by atoms with van der Waals surface area (Å²) in [5.41, 5.74) is 5.62. The van der Waals surface area contributed by atoms with E-state index in [-0.39, 0.29) is 0 Å². The lowest BCUT2D eigenvalue weighted by Gasteiger charge is -2.31. The Hall–Kier alpha value is -2.63. The maximum Gasteiger partial charge on any atom is 0.200 e. The third kappa shape index (κ3) is 2.91. The first-order chi connectivity index (χ1) is 11.8. The average Bonchev–Trinajstić information content (AvgIpc) is 3.07. The van der Waals surface area contributed by atoms with Gasteiger partial charge >= 0.3 is 0 Å². The molecule has 1 aliphatic rings. The van der Waals surface area contributed by atoms with Gasteiger partial charge in [-0.3, -0.25) is 0 Å². The molecule has 0 saturated heterocycles. The monoisotopic (exact) mass is 322 g/mol. The smallest absolute Gasteiger partial charge is 0.200 e. The third-order valence-corrected chi connectivity index (χ3v) is 4.52. The molecular weight excluding hydrogens is 300 g/mol. The molecule has 1 aromatic carbocycles. The second-order valence-corrected chi connectivity index (χ2v) is 6.30. The third-order valence-electron chi connectivity index (χ3n) is 4.52. The molecule has 0 aliphatic carbocycles. The molecule has 0 unspecified atom stereocenters.